The fourth-order valence-corrected chi connectivity index (χ4v) is 3.14. The van der Waals surface area contributed by atoms with Gasteiger partial charge >= 0.3 is 0 Å². The molecule has 3 aromatic rings. The summed E-state index contributed by atoms with van der Waals surface area (Å²) in [5, 5.41) is 19.9. The van der Waals surface area contributed by atoms with Crippen molar-refractivity contribution in [3.8, 4) is 11.1 Å². The van der Waals surface area contributed by atoms with Crippen LogP contribution in [-0.2, 0) is 0 Å². The zero-order chi connectivity index (χ0) is 17.4. The summed E-state index contributed by atoms with van der Waals surface area (Å²) in [4.78, 5) is 9.52. The number of aliphatic hydroxyl groups is 2. The molecule has 2 aromatic heterocycles. The summed E-state index contributed by atoms with van der Waals surface area (Å²) in [6.07, 6.45) is 8.22. The maximum Gasteiger partial charge on any atom is 0.131 e. The van der Waals surface area contributed by atoms with Gasteiger partial charge in [-0.2, -0.15) is 0 Å². The van der Waals surface area contributed by atoms with Crippen LogP contribution in [-0.4, -0.2) is 32.3 Å². The Bertz CT molecular complexity index is 972. The van der Waals surface area contributed by atoms with Crippen LogP contribution in [0, 0.1) is 0 Å². The van der Waals surface area contributed by atoms with Gasteiger partial charge in [0.15, 0.2) is 0 Å². The maximum absolute atomic E-state index is 10.1. The van der Waals surface area contributed by atoms with Crippen LogP contribution >= 0.6 is 0 Å². The highest BCUT2D eigenvalue weighted by atomic mass is 16.3. The van der Waals surface area contributed by atoms with Crippen LogP contribution in [0.2, 0.25) is 0 Å². The molecule has 1 aromatic carbocycles. The number of hydrogen-bond donors (Lipinski definition) is 3. The number of aromatic nitrogens is 2. The molecule has 2 unspecified atom stereocenters. The summed E-state index contributed by atoms with van der Waals surface area (Å²) in [6.45, 7) is 1.74. The van der Waals surface area contributed by atoms with Gasteiger partial charge in [-0.3, -0.25) is 4.98 Å². The molecule has 5 heteroatoms. The lowest BCUT2D eigenvalue weighted by Crippen LogP contribution is -2.39. The summed E-state index contributed by atoms with van der Waals surface area (Å²) in [5.74, 6) is 0.164. The van der Waals surface area contributed by atoms with E-state index in [1.807, 2.05) is 47.6 Å². The molecule has 0 aliphatic carbocycles. The van der Waals surface area contributed by atoms with Crippen LogP contribution in [0.5, 0.6) is 0 Å². The highest BCUT2D eigenvalue weighted by molar-refractivity contribution is 5.81. The van der Waals surface area contributed by atoms with Crippen molar-refractivity contribution in [2.24, 2.45) is 0 Å². The second-order valence-electron chi connectivity index (χ2n) is 6.24. The van der Waals surface area contributed by atoms with Crippen molar-refractivity contribution in [1.82, 2.24) is 9.97 Å². The molecule has 0 saturated carbocycles. The first-order chi connectivity index (χ1) is 12.1. The maximum atomic E-state index is 10.1. The van der Waals surface area contributed by atoms with Crippen LogP contribution in [0.1, 0.15) is 6.92 Å². The molecular formula is C20H19N3O2. The number of rotatable bonds is 3. The topological polar surface area (TPSA) is 72.4 Å². The summed E-state index contributed by atoms with van der Waals surface area (Å²) >= 11 is 0. The predicted molar refractivity (Wildman–Crippen MR) is 99.3 cm³/mol. The van der Waals surface area contributed by atoms with Crippen molar-refractivity contribution >= 4 is 16.7 Å². The lowest BCUT2D eigenvalue weighted by molar-refractivity contribution is 0.178. The summed E-state index contributed by atoms with van der Waals surface area (Å²) in [6, 6.07) is 11.8. The lowest BCUT2D eigenvalue weighted by atomic mass is 10.0. The lowest BCUT2D eigenvalue weighted by Gasteiger charge is -2.33. The third-order valence-electron chi connectivity index (χ3n) is 4.43. The number of nitrogens with zero attached hydrogens (tertiary/aromatic N) is 2. The molecule has 0 fully saturated rings. The number of hydrogen-bond acceptors (Lipinski definition) is 4. The number of H-pyrrole nitrogens is 1. The van der Waals surface area contributed by atoms with Gasteiger partial charge in [-0.1, -0.05) is 18.2 Å². The van der Waals surface area contributed by atoms with E-state index >= 15 is 0 Å². The van der Waals surface area contributed by atoms with E-state index in [4.69, 9.17) is 0 Å². The quantitative estimate of drug-likeness (QED) is 0.682. The molecule has 0 spiro atoms. The predicted octanol–water partition coefficient (Wildman–Crippen LogP) is 3.75. The van der Waals surface area contributed by atoms with Gasteiger partial charge in [-0.25, -0.2) is 0 Å². The van der Waals surface area contributed by atoms with E-state index in [1.165, 1.54) is 0 Å². The highest BCUT2D eigenvalue weighted by Gasteiger charge is 2.23. The van der Waals surface area contributed by atoms with Crippen LogP contribution in [0.4, 0.5) is 5.69 Å². The molecule has 0 radical (unpaired) electrons. The van der Waals surface area contributed by atoms with Gasteiger partial charge in [0.1, 0.15) is 5.76 Å². The Morgan fingerprint density at radius 1 is 1.20 bits per heavy atom. The molecule has 3 heterocycles. The molecule has 0 saturated heterocycles. The second kappa shape index (κ2) is 6.11. The SMILES string of the molecule is CC(O)C1C=CC(O)=CN1c1cccc(-c2cnc3cc[nH]c3c2)c1. The standard InChI is InChI=1S/C20H19N3O2/c1-13(24)20-6-5-17(25)12-23(20)16-4-2-3-14(9-16)15-10-19-18(22-11-15)7-8-21-19/h2-13,20-21,24-25H,1H3. The molecule has 0 amide bonds. The average Bonchev–Trinajstić information content (AvgIpc) is 3.09. The monoisotopic (exact) mass is 333 g/mol. The number of benzene rings is 1. The van der Waals surface area contributed by atoms with Crippen molar-refractivity contribution in [1.29, 1.82) is 0 Å². The van der Waals surface area contributed by atoms with Crippen LogP contribution < -0.4 is 4.90 Å². The number of fused-ring (bicyclic) bond motifs is 1. The van der Waals surface area contributed by atoms with Crippen molar-refractivity contribution in [2.45, 2.75) is 19.1 Å². The van der Waals surface area contributed by atoms with E-state index in [0.29, 0.717) is 0 Å². The minimum atomic E-state index is -0.568. The number of anilines is 1. The van der Waals surface area contributed by atoms with Gasteiger partial charge in [-0.15, -0.1) is 0 Å². The molecule has 126 valence electrons. The number of allylic oxidation sites excluding steroid dienone is 1. The van der Waals surface area contributed by atoms with Crippen LogP contribution in [0.25, 0.3) is 22.2 Å². The molecule has 0 bridgehead atoms. The zero-order valence-electron chi connectivity index (χ0n) is 13.8. The first-order valence-corrected chi connectivity index (χ1v) is 8.21. The van der Waals surface area contributed by atoms with Gasteiger partial charge in [0, 0.05) is 29.8 Å². The van der Waals surface area contributed by atoms with Gasteiger partial charge in [0.2, 0.25) is 0 Å². The Kier molecular flexibility index (Phi) is 3.78. The number of aromatic amines is 1. The fraction of sp³-hybridized carbons (Fsp3) is 0.150. The normalized spacial score (nSPS) is 18.4. The highest BCUT2D eigenvalue weighted by Crippen LogP contribution is 2.29. The van der Waals surface area contributed by atoms with E-state index in [1.54, 1.807) is 25.3 Å². The average molecular weight is 333 g/mol. The van der Waals surface area contributed by atoms with E-state index < -0.39 is 6.10 Å². The summed E-state index contributed by atoms with van der Waals surface area (Å²) in [7, 11) is 0. The molecule has 3 N–H and O–H groups in total. The molecule has 1 aliphatic heterocycles. The molecule has 1 aliphatic rings. The van der Waals surface area contributed by atoms with Gasteiger partial charge < -0.3 is 20.1 Å². The van der Waals surface area contributed by atoms with Gasteiger partial charge in [-0.05, 0) is 42.8 Å². The molecule has 2 atom stereocenters. The number of aliphatic hydroxyl groups excluding tert-OH is 2. The van der Waals surface area contributed by atoms with E-state index in [2.05, 4.69) is 16.0 Å². The molecule has 5 nitrogen and oxygen atoms in total. The first kappa shape index (κ1) is 15.5. The minimum absolute atomic E-state index is 0.164. The third-order valence-corrected chi connectivity index (χ3v) is 4.43. The number of nitrogens with one attached hydrogen (secondary N) is 1. The smallest absolute Gasteiger partial charge is 0.131 e. The summed E-state index contributed by atoms with van der Waals surface area (Å²) in [5.41, 5.74) is 4.84. The molecule has 4 rings (SSSR count). The van der Waals surface area contributed by atoms with Crippen molar-refractivity contribution < 1.29 is 10.2 Å². The van der Waals surface area contributed by atoms with Crippen LogP contribution in [0.15, 0.2) is 72.9 Å². The Labute approximate surface area is 145 Å². The van der Waals surface area contributed by atoms with E-state index in [-0.39, 0.29) is 11.8 Å². The Morgan fingerprint density at radius 3 is 2.92 bits per heavy atom. The van der Waals surface area contributed by atoms with Crippen molar-refractivity contribution in [3.05, 3.63) is 72.9 Å². The Hall–Kier alpha value is -3.05. The largest absolute Gasteiger partial charge is 0.506 e. The van der Waals surface area contributed by atoms with Gasteiger partial charge in [0.05, 0.1) is 23.2 Å². The van der Waals surface area contributed by atoms with E-state index in [0.717, 1.165) is 27.8 Å². The Balaban J connectivity index is 1.74. The van der Waals surface area contributed by atoms with Gasteiger partial charge in [0.25, 0.3) is 0 Å². The third kappa shape index (κ3) is 2.90. The first-order valence-electron chi connectivity index (χ1n) is 8.21. The molecular weight excluding hydrogens is 314 g/mol. The zero-order valence-corrected chi connectivity index (χ0v) is 13.8. The van der Waals surface area contributed by atoms with Crippen molar-refractivity contribution in [2.75, 3.05) is 4.90 Å². The Morgan fingerprint density at radius 2 is 2.08 bits per heavy atom. The fourth-order valence-electron chi connectivity index (χ4n) is 3.14. The van der Waals surface area contributed by atoms with Crippen LogP contribution in [0.3, 0.4) is 0 Å². The molecule has 25 heavy (non-hydrogen) atoms. The minimum Gasteiger partial charge on any atom is -0.506 e. The number of pyridine rings is 1. The van der Waals surface area contributed by atoms with Crippen molar-refractivity contribution in [3.63, 3.8) is 0 Å². The van der Waals surface area contributed by atoms with E-state index in [9.17, 15) is 10.2 Å². The second-order valence-corrected chi connectivity index (χ2v) is 6.24. The summed E-state index contributed by atoms with van der Waals surface area (Å²) < 4.78 is 0.